The Bertz CT molecular complexity index is 1060. The Balaban J connectivity index is 1.55. The summed E-state index contributed by atoms with van der Waals surface area (Å²) < 4.78 is 7.71. The topological polar surface area (TPSA) is 67.6 Å². The number of aliphatic hydroxyl groups is 1. The van der Waals surface area contributed by atoms with Crippen LogP contribution >= 0.6 is 11.6 Å². The Hall–Kier alpha value is -2.83. The lowest BCUT2D eigenvalue weighted by Gasteiger charge is -2.18. The van der Waals surface area contributed by atoms with E-state index >= 15 is 0 Å². The summed E-state index contributed by atoms with van der Waals surface area (Å²) in [6.45, 7) is 5.27. The van der Waals surface area contributed by atoms with Crippen LogP contribution in [0.1, 0.15) is 18.2 Å². The molecule has 1 aliphatic rings. The molecule has 1 aliphatic heterocycles. The van der Waals surface area contributed by atoms with Gasteiger partial charge >= 0.3 is 0 Å². The third-order valence-corrected chi connectivity index (χ3v) is 5.59. The molecule has 0 saturated carbocycles. The third-order valence-electron chi connectivity index (χ3n) is 5.27. The first-order valence-electron chi connectivity index (χ1n) is 9.96. The van der Waals surface area contributed by atoms with Gasteiger partial charge in [-0.15, -0.1) is 6.58 Å². The van der Waals surface area contributed by atoms with Gasteiger partial charge in [0.25, 0.3) is 0 Å². The highest BCUT2D eigenvalue weighted by molar-refractivity contribution is 6.32. The number of ether oxygens (including phenoxy) is 1. The first-order valence-corrected chi connectivity index (χ1v) is 10.3. The lowest BCUT2D eigenvalue weighted by atomic mass is 10.1. The summed E-state index contributed by atoms with van der Waals surface area (Å²) in [5.74, 6) is 1.42. The van der Waals surface area contributed by atoms with Crippen LogP contribution in [0.25, 0.3) is 11.0 Å². The van der Waals surface area contributed by atoms with Crippen molar-refractivity contribution in [2.24, 2.45) is 0 Å². The number of likely N-dealkylation sites (tertiary alicyclic amines) is 1. The maximum atomic E-state index is 12.3. The Morgan fingerprint density at radius 3 is 2.83 bits per heavy atom. The molecule has 30 heavy (non-hydrogen) atoms. The molecule has 0 unspecified atom stereocenters. The van der Waals surface area contributed by atoms with Crippen LogP contribution in [0.5, 0.6) is 5.75 Å². The summed E-state index contributed by atoms with van der Waals surface area (Å²) >= 11 is 6.13. The lowest BCUT2D eigenvalue weighted by Crippen LogP contribution is -2.26. The highest BCUT2D eigenvalue weighted by Crippen LogP contribution is 2.31. The zero-order chi connectivity index (χ0) is 21.1. The number of carbonyl (C=O) groups excluding carboxylic acids is 1. The minimum Gasteiger partial charge on any atom is -0.489 e. The van der Waals surface area contributed by atoms with Gasteiger partial charge in [-0.3, -0.25) is 4.79 Å². The molecule has 3 aromatic rings. The number of nitrogens with zero attached hydrogens (tertiary/aromatic N) is 3. The van der Waals surface area contributed by atoms with Crippen molar-refractivity contribution in [2.75, 3.05) is 19.7 Å². The van der Waals surface area contributed by atoms with Crippen LogP contribution in [0.2, 0.25) is 5.02 Å². The van der Waals surface area contributed by atoms with E-state index in [1.165, 1.54) is 0 Å². The number of amides is 1. The summed E-state index contributed by atoms with van der Waals surface area (Å²) in [5, 5.41) is 11.2. The Morgan fingerprint density at radius 1 is 1.27 bits per heavy atom. The van der Waals surface area contributed by atoms with Crippen molar-refractivity contribution in [3.05, 3.63) is 72.0 Å². The van der Waals surface area contributed by atoms with Crippen LogP contribution in [0.4, 0.5) is 0 Å². The zero-order valence-electron chi connectivity index (χ0n) is 16.6. The Morgan fingerprint density at radius 2 is 2.03 bits per heavy atom. The zero-order valence-corrected chi connectivity index (χ0v) is 17.3. The van der Waals surface area contributed by atoms with E-state index in [1.807, 2.05) is 41.0 Å². The number of aliphatic hydroxyl groups excluding tert-OH is 1. The van der Waals surface area contributed by atoms with Crippen molar-refractivity contribution < 1.29 is 14.6 Å². The van der Waals surface area contributed by atoms with Crippen molar-refractivity contribution in [3.8, 4) is 5.75 Å². The standard InChI is InChI=1S/C23H24ClN3O3/c1-2-11-26-13-16(12-22(26)29)23-25-19-8-4-5-9-20(19)27(23)14-17(28)15-30-21-10-6-3-7-18(21)24/h2-10,16-17,28H,1,11-15H2/t16-,17-/m1/s1. The van der Waals surface area contributed by atoms with Crippen LogP contribution in [-0.2, 0) is 11.3 Å². The van der Waals surface area contributed by atoms with Gasteiger partial charge in [-0.05, 0) is 24.3 Å². The summed E-state index contributed by atoms with van der Waals surface area (Å²) in [6.07, 6.45) is 1.38. The first kappa shape index (κ1) is 20.4. The van der Waals surface area contributed by atoms with Crippen LogP contribution in [0.15, 0.2) is 61.2 Å². The molecule has 156 valence electrons. The second-order valence-electron chi connectivity index (χ2n) is 7.45. The molecule has 0 bridgehead atoms. The normalized spacial score (nSPS) is 17.5. The maximum absolute atomic E-state index is 12.3. The minimum absolute atomic E-state index is 0.0264. The van der Waals surface area contributed by atoms with Crippen LogP contribution in [0, 0.1) is 0 Å². The third kappa shape index (κ3) is 4.20. The summed E-state index contributed by atoms with van der Waals surface area (Å²) in [6, 6.07) is 15.0. The highest BCUT2D eigenvalue weighted by Gasteiger charge is 2.33. The molecule has 0 radical (unpaired) electrons. The number of para-hydroxylation sites is 3. The van der Waals surface area contributed by atoms with Gasteiger partial charge in [0.05, 0.1) is 22.6 Å². The van der Waals surface area contributed by atoms with E-state index in [-0.39, 0.29) is 18.4 Å². The number of fused-ring (bicyclic) bond motifs is 1. The van der Waals surface area contributed by atoms with E-state index in [1.54, 1.807) is 23.1 Å². The molecular formula is C23H24ClN3O3. The molecule has 0 aliphatic carbocycles. The number of hydrogen-bond donors (Lipinski definition) is 1. The average Bonchev–Trinajstić information content (AvgIpc) is 3.28. The second kappa shape index (κ2) is 8.90. The lowest BCUT2D eigenvalue weighted by molar-refractivity contribution is -0.127. The Labute approximate surface area is 180 Å². The predicted octanol–water partition coefficient (Wildman–Crippen LogP) is 3.63. The molecule has 4 rings (SSSR count). The molecule has 0 spiro atoms. The molecule has 1 amide bonds. The van der Waals surface area contributed by atoms with Crippen LogP contribution in [0.3, 0.4) is 0 Å². The fourth-order valence-corrected chi connectivity index (χ4v) is 4.08. The molecule has 7 heteroatoms. The van der Waals surface area contributed by atoms with Gasteiger partial charge in [0.2, 0.25) is 5.91 Å². The van der Waals surface area contributed by atoms with Crippen molar-refractivity contribution in [3.63, 3.8) is 0 Å². The van der Waals surface area contributed by atoms with Gasteiger partial charge in [-0.1, -0.05) is 41.9 Å². The average molecular weight is 426 g/mol. The van der Waals surface area contributed by atoms with Crippen molar-refractivity contribution in [2.45, 2.75) is 25.0 Å². The molecule has 2 heterocycles. The largest absolute Gasteiger partial charge is 0.489 e. The Kier molecular flexibility index (Phi) is 6.06. The van der Waals surface area contributed by atoms with E-state index in [9.17, 15) is 9.90 Å². The van der Waals surface area contributed by atoms with Crippen molar-refractivity contribution in [1.29, 1.82) is 0 Å². The monoisotopic (exact) mass is 425 g/mol. The van der Waals surface area contributed by atoms with Gasteiger partial charge in [-0.2, -0.15) is 0 Å². The smallest absolute Gasteiger partial charge is 0.223 e. The van der Waals surface area contributed by atoms with Crippen molar-refractivity contribution >= 4 is 28.5 Å². The second-order valence-corrected chi connectivity index (χ2v) is 7.86. The fourth-order valence-electron chi connectivity index (χ4n) is 3.89. The number of carbonyl (C=O) groups is 1. The molecular weight excluding hydrogens is 402 g/mol. The number of rotatable bonds is 8. The molecule has 1 fully saturated rings. The highest BCUT2D eigenvalue weighted by atomic mass is 35.5. The molecule has 2 aromatic carbocycles. The van der Waals surface area contributed by atoms with Crippen LogP contribution in [-0.4, -0.2) is 51.3 Å². The van der Waals surface area contributed by atoms with E-state index in [0.717, 1.165) is 16.9 Å². The van der Waals surface area contributed by atoms with Gasteiger partial charge in [0.1, 0.15) is 24.3 Å². The number of aromatic nitrogens is 2. The summed E-state index contributed by atoms with van der Waals surface area (Å²) in [7, 11) is 0. The van der Waals surface area contributed by atoms with E-state index in [0.29, 0.717) is 36.8 Å². The SMILES string of the molecule is C=CCN1C[C@H](c2nc3ccccc3n2C[C@@H](O)COc2ccccc2Cl)CC1=O. The van der Waals surface area contributed by atoms with Gasteiger partial charge < -0.3 is 19.3 Å². The summed E-state index contributed by atoms with van der Waals surface area (Å²) in [5.41, 5.74) is 1.78. The molecule has 1 N–H and O–H groups in total. The number of halogens is 1. The van der Waals surface area contributed by atoms with Gasteiger partial charge in [0.15, 0.2) is 0 Å². The molecule has 2 atom stereocenters. The van der Waals surface area contributed by atoms with Gasteiger partial charge in [0, 0.05) is 25.4 Å². The van der Waals surface area contributed by atoms with Gasteiger partial charge in [-0.25, -0.2) is 4.98 Å². The van der Waals surface area contributed by atoms with E-state index in [4.69, 9.17) is 21.3 Å². The molecule has 1 saturated heterocycles. The van der Waals surface area contributed by atoms with E-state index < -0.39 is 6.10 Å². The number of benzene rings is 2. The van der Waals surface area contributed by atoms with Crippen LogP contribution < -0.4 is 4.74 Å². The molecule has 6 nitrogen and oxygen atoms in total. The quantitative estimate of drug-likeness (QED) is 0.559. The number of imidazole rings is 1. The molecule has 1 aromatic heterocycles. The maximum Gasteiger partial charge on any atom is 0.223 e. The predicted molar refractivity (Wildman–Crippen MR) is 117 cm³/mol. The number of hydrogen-bond acceptors (Lipinski definition) is 4. The fraction of sp³-hybridized carbons (Fsp3) is 0.304. The van der Waals surface area contributed by atoms with Crippen molar-refractivity contribution in [1.82, 2.24) is 14.5 Å². The summed E-state index contributed by atoms with van der Waals surface area (Å²) in [4.78, 5) is 18.9. The van der Waals surface area contributed by atoms with E-state index in [2.05, 4.69) is 6.58 Å². The minimum atomic E-state index is -0.765. The first-order chi connectivity index (χ1) is 14.6.